The molecule has 0 bridgehead atoms. The number of hydrogen-bond acceptors (Lipinski definition) is 4. The first-order chi connectivity index (χ1) is 11.6. The Kier molecular flexibility index (Phi) is 4.56. The lowest BCUT2D eigenvalue weighted by Gasteiger charge is -2.05. The Morgan fingerprint density at radius 1 is 1.12 bits per heavy atom. The zero-order valence-electron chi connectivity index (χ0n) is 13.1. The van der Waals surface area contributed by atoms with Crippen LogP contribution in [-0.2, 0) is 12.8 Å². The zero-order valence-corrected chi connectivity index (χ0v) is 13.1. The molecule has 0 fully saturated rings. The lowest BCUT2D eigenvalue weighted by molar-refractivity contribution is 0.0999. The minimum Gasteiger partial charge on any atom is -0.508 e. The first-order valence-corrected chi connectivity index (χ1v) is 7.72. The largest absolute Gasteiger partial charge is 0.508 e. The van der Waals surface area contributed by atoms with Crippen LogP contribution in [0.4, 0.5) is 0 Å². The third kappa shape index (κ3) is 3.60. The van der Waals surface area contributed by atoms with E-state index in [9.17, 15) is 9.90 Å². The van der Waals surface area contributed by atoms with Crippen LogP contribution in [0.1, 0.15) is 28.2 Å². The first kappa shape index (κ1) is 15.7. The molecule has 0 spiro atoms. The third-order valence-electron chi connectivity index (χ3n) is 3.78. The molecule has 0 aliphatic carbocycles. The van der Waals surface area contributed by atoms with Crippen molar-refractivity contribution in [2.75, 3.05) is 0 Å². The van der Waals surface area contributed by atoms with Crippen molar-refractivity contribution in [3.8, 4) is 17.1 Å². The molecule has 3 rings (SSSR count). The predicted octanol–water partition coefficient (Wildman–Crippen LogP) is 2.45. The summed E-state index contributed by atoms with van der Waals surface area (Å²) in [5.41, 5.74) is 7.66. The van der Waals surface area contributed by atoms with Gasteiger partial charge in [0.25, 0.3) is 0 Å². The summed E-state index contributed by atoms with van der Waals surface area (Å²) in [4.78, 5) is 15.9. The average Bonchev–Trinajstić information content (AvgIpc) is 3.04. The number of aromatic amines is 1. The van der Waals surface area contributed by atoms with Crippen LogP contribution in [0.25, 0.3) is 11.4 Å². The molecule has 0 aliphatic heterocycles. The molecular formula is C18H18N4O2. The number of nitrogens with one attached hydrogen (secondary N) is 1. The summed E-state index contributed by atoms with van der Waals surface area (Å²) < 4.78 is 0. The van der Waals surface area contributed by atoms with Gasteiger partial charge >= 0.3 is 0 Å². The van der Waals surface area contributed by atoms with Crippen molar-refractivity contribution in [1.29, 1.82) is 0 Å². The van der Waals surface area contributed by atoms with Gasteiger partial charge in [0.2, 0.25) is 5.91 Å². The fraction of sp³-hybridized carbons (Fsp3) is 0.167. The van der Waals surface area contributed by atoms with Crippen molar-refractivity contribution in [1.82, 2.24) is 15.2 Å². The lowest BCUT2D eigenvalue weighted by atomic mass is 10.0. The maximum atomic E-state index is 11.4. The highest BCUT2D eigenvalue weighted by Gasteiger charge is 2.09. The smallest absolute Gasteiger partial charge is 0.248 e. The molecule has 0 unspecified atom stereocenters. The Morgan fingerprint density at radius 3 is 2.75 bits per heavy atom. The number of rotatable bonds is 6. The topological polar surface area (TPSA) is 105 Å². The Balaban J connectivity index is 1.63. The Hall–Kier alpha value is -3.15. The van der Waals surface area contributed by atoms with Gasteiger partial charge < -0.3 is 10.8 Å². The van der Waals surface area contributed by atoms with Crippen molar-refractivity contribution in [3.05, 3.63) is 65.5 Å². The van der Waals surface area contributed by atoms with Crippen LogP contribution in [0.3, 0.4) is 0 Å². The van der Waals surface area contributed by atoms with Crippen molar-refractivity contribution >= 4 is 5.91 Å². The number of nitrogens with two attached hydrogens (primary N) is 1. The molecule has 6 heteroatoms. The maximum Gasteiger partial charge on any atom is 0.248 e. The van der Waals surface area contributed by atoms with E-state index in [-0.39, 0.29) is 5.75 Å². The molecule has 1 aromatic heterocycles. The third-order valence-corrected chi connectivity index (χ3v) is 3.78. The van der Waals surface area contributed by atoms with Crippen molar-refractivity contribution < 1.29 is 9.90 Å². The Labute approximate surface area is 139 Å². The van der Waals surface area contributed by atoms with Gasteiger partial charge in [-0.25, -0.2) is 4.98 Å². The number of nitrogens with zero attached hydrogens (tertiary/aromatic N) is 2. The number of aryl methyl sites for hydroxylation is 2. The molecule has 1 amide bonds. The van der Waals surface area contributed by atoms with Gasteiger partial charge in [-0.1, -0.05) is 30.3 Å². The van der Waals surface area contributed by atoms with E-state index in [0.29, 0.717) is 17.8 Å². The molecule has 3 aromatic rings. The van der Waals surface area contributed by atoms with E-state index < -0.39 is 5.91 Å². The van der Waals surface area contributed by atoms with Crippen LogP contribution in [-0.4, -0.2) is 26.2 Å². The molecule has 0 saturated carbocycles. The fourth-order valence-electron chi connectivity index (χ4n) is 2.61. The minimum atomic E-state index is -0.406. The van der Waals surface area contributed by atoms with Gasteiger partial charge in [0.05, 0.1) is 0 Å². The standard InChI is InChI=1S/C18H18N4O2/c19-17(24)15-9-2-1-5-12(15)6-4-10-16-20-18(22-21-16)13-7-3-8-14(23)11-13/h1-3,5,7-9,11,23H,4,6,10H2,(H2,19,24)(H,20,21,22). The number of carbonyl (C=O) groups is 1. The van der Waals surface area contributed by atoms with E-state index >= 15 is 0 Å². The second-order valence-electron chi connectivity index (χ2n) is 5.53. The first-order valence-electron chi connectivity index (χ1n) is 7.72. The lowest BCUT2D eigenvalue weighted by Crippen LogP contribution is -2.13. The highest BCUT2D eigenvalue weighted by atomic mass is 16.3. The highest BCUT2D eigenvalue weighted by molar-refractivity contribution is 5.94. The SMILES string of the molecule is NC(=O)c1ccccc1CCCc1nc(-c2cccc(O)c2)n[nH]1. The molecule has 0 atom stereocenters. The normalized spacial score (nSPS) is 10.7. The predicted molar refractivity (Wildman–Crippen MR) is 90.5 cm³/mol. The summed E-state index contributed by atoms with van der Waals surface area (Å²) >= 11 is 0. The number of amides is 1. The summed E-state index contributed by atoms with van der Waals surface area (Å²) in [7, 11) is 0. The number of phenols is 1. The molecular weight excluding hydrogens is 304 g/mol. The number of aromatic nitrogens is 3. The molecule has 6 nitrogen and oxygen atoms in total. The second kappa shape index (κ2) is 6.95. The van der Waals surface area contributed by atoms with E-state index in [0.717, 1.165) is 29.8 Å². The van der Waals surface area contributed by atoms with E-state index in [1.54, 1.807) is 24.3 Å². The van der Waals surface area contributed by atoms with Crippen molar-refractivity contribution in [2.45, 2.75) is 19.3 Å². The molecule has 122 valence electrons. The fourth-order valence-corrected chi connectivity index (χ4v) is 2.61. The zero-order chi connectivity index (χ0) is 16.9. The van der Waals surface area contributed by atoms with Crippen LogP contribution in [0.5, 0.6) is 5.75 Å². The van der Waals surface area contributed by atoms with Gasteiger partial charge in [0.15, 0.2) is 5.82 Å². The van der Waals surface area contributed by atoms with E-state index in [1.807, 2.05) is 24.3 Å². The van der Waals surface area contributed by atoms with E-state index in [2.05, 4.69) is 15.2 Å². The van der Waals surface area contributed by atoms with Crippen LogP contribution in [0.15, 0.2) is 48.5 Å². The number of H-pyrrole nitrogens is 1. The van der Waals surface area contributed by atoms with Gasteiger partial charge in [-0.15, -0.1) is 0 Å². The summed E-state index contributed by atoms with van der Waals surface area (Å²) in [5.74, 6) is 1.10. The van der Waals surface area contributed by atoms with Crippen molar-refractivity contribution in [3.63, 3.8) is 0 Å². The molecule has 1 heterocycles. The van der Waals surface area contributed by atoms with Gasteiger partial charge in [0, 0.05) is 17.5 Å². The molecule has 0 aliphatic rings. The van der Waals surface area contributed by atoms with Gasteiger partial charge in [-0.3, -0.25) is 9.89 Å². The maximum absolute atomic E-state index is 11.4. The number of aromatic hydroxyl groups is 1. The number of benzene rings is 2. The number of carbonyl (C=O) groups excluding carboxylic acids is 1. The molecule has 4 N–H and O–H groups in total. The summed E-state index contributed by atoms with van der Waals surface area (Å²) in [6, 6.07) is 14.2. The van der Waals surface area contributed by atoms with Gasteiger partial charge in [-0.2, -0.15) is 5.10 Å². The Bertz CT molecular complexity index is 857. The van der Waals surface area contributed by atoms with Crippen LogP contribution >= 0.6 is 0 Å². The quantitative estimate of drug-likeness (QED) is 0.648. The summed E-state index contributed by atoms with van der Waals surface area (Å²) in [6.07, 6.45) is 2.26. The van der Waals surface area contributed by atoms with E-state index in [1.165, 1.54) is 0 Å². The average molecular weight is 322 g/mol. The Morgan fingerprint density at radius 2 is 1.96 bits per heavy atom. The number of phenolic OH excluding ortho intramolecular Hbond substituents is 1. The molecule has 24 heavy (non-hydrogen) atoms. The van der Waals surface area contributed by atoms with E-state index in [4.69, 9.17) is 5.73 Å². The minimum absolute atomic E-state index is 0.182. The summed E-state index contributed by atoms with van der Waals surface area (Å²) in [5, 5.41) is 16.6. The number of primary amides is 1. The highest BCUT2D eigenvalue weighted by Crippen LogP contribution is 2.20. The monoisotopic (exact) mass is 322 g/mol. The molecule has 0 radical (unpaired) electrons. The number of hydrogen-bond donors (Lipinski definition) is 3. The van der Waals surface area contributed by atoms with Gasteiger partial charge in [-0.05, 0) is 36.6 Å². The van der Waals surface area contributed by atoms with Crippen LogP contribution in [0.2, 0.25) is 0 Å². The molecule has 2 aromatic carbocycles. The van der Waals surface area contributed by atoms with Crippen LogP contribution in [0, 0.1) is 0 Å². The van der Waals surface area contributed by atoms with Gasteiger partial charge in [0.1, 0.15) is 11.6 Å². The van der Waals surface area contributed by atoms with Crippen molar-refractivity contribution in [2.24, 2.45) is 5.73 Å². The second-order valence-corrected chi connectivity index (χ2v) is 5.53. The van der Waals surface area contributed by atoms with Crippen LogP contribution < -0.4 is 5.73 Å². The summed E-state index contributed by atoms with van der Waals surface area (Å²) in [6.45, 7) is 0. The molecule has 0 saturated heterocycles.